The van der Waals surface area contributed by atoms with Crippen LogP contribution < -0.4 is 10.1 Å². The summed E-state index contributed by atoms with van der Waals surface area (Å²) in [5.74, 6) is -1.31. The van der Waals surface area contributed by atoms with Crippen molar-refractivity contribution in [3.05, 3.63) is 24.0 Å². The summed E-state index contributed by atoms with van der Waals surface area (Å²) >= 11 is 0. The molecule has 1 fully saturated rings. The second kappa shape index (κ2) is 5.77. The molecule has 0 aromatic heterocycles. The summed E-state index contributed by atoms with van der Waals surface area (Å²) in [6.07, 6.45) is 0.0636. The highest BCUT2D eigenvalue weighted by Crippen LogP contribution is 2.23. The van der Waals surface area contributed by atoms with Gasteiger partial charge in [0.15, 0.2) is 11.6 Å². The Morgan fingerprint density at radius 3 is 2.80 bits per heavy atom. The van der Waals surface area contributed by atoms with Crippen LogP contribution in [0.2, 0.25) is 0 Å². The molecule has 1 aromatic carbocycles. The molecule has 0 bridgehead atoms. The van der Waals surface area contributed by atoms with Crippen molar-refractivity contribution in [2.24, 2.45) is 5.92 Å². The molecule has 0 saturated carbocycles. The van der Waals surface area contributed by atoms with Gasteiger partial charge in [0.2, 0.25) is 0 Å². The average Bonchev–Trinajstić information content (AvgIpc) is 2.35. The molecule has 1 heterocycles. The summed E-state index contributed by atoms with van der Waals surface area (Å²) in [7, 11) is 1.34. The second-order valence-electron chi connectivity index (χ2n) is 4.65. The quantitative estimate of drug-likeness (QED) is 0.882. The van der Waals surface area contributed by atoms with Crippen LogP contribution in [0.3, 0.4) is 0 Å². The fraction of sp³-hybridized carbons (Fsp3) is 0.385. The van der Waals surface area contributed by atoms with Gasteiger partial charge < -0.3 is 20.1 Å². The van der Waals surface area contributed by atoms with E-state index in [2.05, 4.69) is 5.32 Å². The minimum Gasteiger partial charge on any atom is -0.494 e. The van der Waals surface area contributed by atoms with Crippen LogP contribution in [-0.2, 0) is 4.79 Å². The predicted octanol–water partition coefficient (Wildman–Crippen LogP) is 1.77. The van der Waals surface area contributed by atoms with Crippen LogP contribution in [0.5, 0.6) is 5.75 Å². The highest BCUT2D eigenvalue weighted by atomic mass is 19.1. The van der Waals surface area contributed by atoms with Gasteiger partial charge in [-0.25, -0.2) is 9.18 Å². The Hall–Kier alpha value is -2.31. The number of aliphatic carboxylic acids is 1. The first-order valence-corrected chi connectivity index (χ1v) is 6.11. The molecule has 0 atom stereocenters. The van der Waals surface area contributed by atoms with Gasteiger partial charge in [-0.3, -0.25) is 4.79 Å². The van der Waals surface area contributed by atoms with Crippen LogP contribution in [-0.4, -0.2) is 42.2 Å². The maximum atomic E-state index is 13.2. The summed E-state index contributed by atoms with van der Waals surface area (Å²) in [6.45, 7) is 0.826. The van der Waals surface area contributed by atoms with Crippen LogP contribution in [0.25, 0.3) is 0 Å². The number of benzene rings is 1. The molecule has 6 nitrogen and oxygen atoms in total. The molecule has 1 aliphatic rings. The van der Waals surface area contributed by atoms with Crippen LogP contribution in [0, 0.1) is 11.7 Å². The van der Waals surface area contributed by atoms with Crippen molar-refractivity contribution in [3.63, 3.8) is 0 Å². The molecule has 2 N–H and O–H groups in total. The summed E-state index contributed by atoms with van der Waals surface area (Å²) in [4.78, 5) is 23.9. The standard InChI is InChI=1S/C13H15FN2O4/c1-20-11-5-9(2-3-10(11)14)15-13(19)16-6-8(7-16)4-12(17)18/h2-3,5,8H,4,6-7H2,1H3,(H,15,19)(H,17,18). The van der Waals surface area contributed by atoms with E-state index < -0.39 is 11.8 Å². The van der Waals surface area contributed by atoms with Crippen LogP contribution >= 0.6 is 0 Å². The third kappa shape index (κ3) is 3.17. The van der Waals surface area contributed by atoms with Gasteiger partial charge in [0.05, 0.1) is 13.5 Å². The number of halogens is 1. The number of carbonyl (C=O) groups is 2. The largest absolute Gasteiger partial charge is 0.494 e. The van der Waals surface area contributed by atoms with Gasteiger partial charge in [-0.15, -0.1) is 0 Å². The van der Waals surface area contributed by atoms with Gasteiger partial charge in [-0.1, -0.05) is 0 Å². The highest BCUT2D eigenvalue weighted by molar-refractivity contribution is 5.90. The van der Waals surface area contributed by atoms with Gasteiger partial charge in [-0.2, -0.15) is 0 Å². The van der Waals surface area contributed by atoms with Crippen LogP contribution in [0.1, 0.15) is 6.42 Å². The molecular weight excluding hydrogens is 267 g/mol. The van der Waals surface area contributed by atoms with Gasteiger partial charge in [-0.05, 0) is 12.1 Å². The number of hydrogen-bond donors (Lipinski definition) is 2. The number of nitrogens with one attached hydrogen (secondary N) is 1. The molecule has 0 radical (unpaired) electrons. The Kier molecular flexibility index (Phi) is 4.07. The molecule has 0 aliphatic carbocycles. The zero-order chi connectivity index (χ0) is 14.7. The Morgan fingerprint density at radius 1 is 1.50 bits per heavy atom. The summed E-state index contributed by atoms with van der Waals surface area (Å²) in [6, 6.07) is 3.70. The fourth-order valence-corrected chi connectivity index (χ4v) is 2.05. The highest BCUT2D eigenvalue weighted by Gasteiger charge is 2.32. The Bertz CT molecular complexity index is 529. The number of anilines is 1. The Labute approximate surface area is 115 Å². The fourth-order valence-electron chi connectivity index (χ4n) is 2.05. The van der Waals surface area contributed by atoms with Gasteiger partial charge in [0.1, 0.15) is 0 Å². The van der Waals surface area contributed by atoms with Crippen LogP contribution in [0.4, 0.5) is 14.9 Å². The van der Waals surface area contributed by atoms with E-state index in [0.29, 0.717) is 18.8 Å². The van der Waals surface area contributed by atoms with E-state index >= 15 is 0 Å². The smallest absolute Gasteiger partial charge is 0.321 e. The van der Waals surface area contributed by atoms with Crippen molar-refractivity contribution >= 4 is 17.7 Å². The maximum Gasteiger partial charge on any atom is 0.321 e. The number of likely N-dealkylation sites (tertiary alicyclic amines) is 1. The number of methoxy groups -OCH3 is 1. The molecule has 1 aromatic rings. The van der Waals surface area contributed by atoms with Gasteiger partial charge >= 0.3 is 12.0 Å². The number of urea groups is 1. The number of carboxylic acid groups (broad SMARTS) is 1. The van der Waals surface area contributed by atoms with E-state index in [1.807, 2.05) is 0 Å². The Morgan fingerprint density at radius 2 is 2.20 bits per heavy atom. The van der Waals surface area contributed by atoms with E-state index in [1.54, 1.807) is 0 Å². The number of ether oxygens (including phenoxy) is 1. The van der Waals surface area contributed by atoms with E-state index in [4.69, 9.17) is 9.84 Å². The lowest BCUT2D eigenvalue weighted by Crippen LogP contribution is -2.52. The lowest BCUT2D eigenvalue weighted by Gasteiger charge is -2.38. The molecule has 1 saturated heterocycles. The number of nitrogens with zero attached hydrogens (tertiary/aromatic N) is 1. The Balaban J connectivity index is 1.88. The van der Waals surface area contributed by atoms with Crippen molar-refractivity contribution in [1.29, 1.82) is 0 Å². The molecule has 20 heavy (non-hydrogen) atoms. The van der Waals surface area contributed by atoms with Gasteiger partial charge in [0, 0.05) is 30.8 Å². The molecular formula is C13H15FN2O4. The van der Waals surface area contributed by atoms with Gasteiger partial charge in [0.25, 0.3) is 0 Å². The minimum absolute atomic E-state index is 0.000930. The zero-order valence-electron chi connectivity index (χ0n) is 10.9. The number of carbonyl (C=O) groups excluding carboxylic acids is 1. The molecule has 108 valence electrons. The SMILES string of the molecule is COc1cc(NC(=O)N2CC(CC(=O)O)C2)ccc1F. The number of carboxylic acids is 1. The summed E-state index contributed by atoms with van der Waals surface area (Å²) in [5, 5.41) is 11.2. The van der Waals surface area contributed by atoms with Crippen molar-refractivity contribution in [2.75, 3.05) is 25.5 Å². The summed E-state index contributed by atoms with van der Waals surface area (Å²) in [5.41, 5.74) is 0.426. The minimum atomic E-state index is -0.863. The molecule has 2 amide bonds. The van der Waals surface area contributed by atoms with E-state index in [1.165, 1.54) is 30.2 Å². The third-order valence-corrected chi connectivity index (χ3v) is 3.11. The van der Waals surface area contributed by atoms with Crippen LogP contribution in [0.15, 0.2) is 18.2 Å². The molecule has 0 spiro atoms. The molecule has 1 aliphatic heterocycles. The first kappa shape index (κ1) is 14.1. The molecule has 2 rings (SSSR count). The molecule has 0 unspecified atom stereocenters. The number of hydrogen-bond acceptors (Lipinski definition) is 3. The average molecular weight is 282 g/mol. The molecule has 7 heteroatoms. The van der Waals surface area contributed by atoms with Crippen molar-refractivity contribution in [2.45, 2.75) is 6.42 Å². The lowest BCUT2D eigenvalue weighted by molar-refractivity contribution is -0.139. The monoisotopic (exact) mass is 282 g/mol. The van der Waals surface area contributed by atoms with Crippen molar-refractivity contribution < 1.29 is 23.8 Å². The van der Waals surface area contributed by atoms with E-state index in [-0.39, 0.29) is 24.1 Å². The van der Waals surface area contributed by atoms with E-state index in [9.17, 15) is 14.0 Å². The van der Waals surface area contributed by atoms with Crippen molar-refractivity contribution in [1.82, 2.24) is 4.90 Å². The number of amides is 2. The lowest BCUT2D eigenvalue weighted by atomic mass is 9.97. The topological polar surface area (TPSA) is 78.9 Å². The predicted molar refractivity (Wildman–Crippen MR) is 69.3 cm³/mol. The second-order valence-corrected chi connectivity index (χ2v) is 4.65. The maximum absolute atomic E-state index is 13.2. The van der Waals surface area contributed by atoms with E-state index in [0.717, 1.165) is 0 Å². The normalized spacial score (nSPS) is 14.6. The zero-order valence-corrected chi connectivity index (χ0v) is 10.9. The first-order chi connectivity index (χ1) is 9.49. The first-order valence-electron chi connectivity index (χ1n) is 6.11. The third-order valence-electron chi connectivity index (χ3n) is 3.11. The summed E-state index contributed by atoms with van der Waals surface area (Å²) < 4.78 is 18.0. The van der Waals surface area contributed by atoms with Crippen molar-refractivity contribution in [3.8, 4) is 5.75 Å². The number of rotatable bonds is 4.